The minimum atomic E-state index is -3.49. The van der Waals surface area contributed by atoms with Crippen LogP contribution in [0.2, 0.25) is 5.02 Å². The highest BCUT2D eigenvalue weighted by atomic mass is 35.5. The van der Waals surface area contributed by atoms with Crippen LogP contribution in [0.5, 0.6) is 0 Å². The molecule has 0 spiro atoms. The van der Waals surface area contributed by atoms with Crippen molar-refractivity contribution in [1.82, 2.24) is 14.5 Å². The predicted octanol–water partition coefficient (Wildman–Crippen LogP) is 4.37. The summed E-state index contributed by atoms with van der Waals surface area (Å²) in [6.07, 6.45) is 2.86. The molecule has 1 aliphatic rings. The molecule has 1 aliphatic heterocycles. The van der Waals surface area contributed by atoms with Crippen molar-refractivity contribution in [3.63, 3.8) is 0 Å². The number of ketones is 1. The van der Waals surface area contributed by atoms with Crippen LogP contribution in [0.3, 0.4) is 0 Å². The van der Waals surface area contributed by atoms with Gasteiger partial charge in [-0.15, -0.1) is 0 Å². The molecule has 1 N–H and O–H groups in total. The van der Waals surface area contributed by atoms with E-state index >= 15 is 0 Å². The van der Waals surface area contributed by atoms with Crippen LogP contribution in [0.25, 0.3) is 0 Å². The van der Waals surface area contributed by atoms with Crippen molar-refractivity contribution >= 4 is 27.4 Å². The summed E-state index contributed by atoms with van der Waals surface area (Å²) in [5.74, 6) is -0.0636. The Hall–Kier alpha value is -1.77. The molecule has 0 bridgehead atoms. The average Bonchev–Trinajstić information content (AvgIpc) is 2.85. The van der Waals surface area contributed by atoms with Gasteiger partial charge in [-0.2, -0.15) is 4.31 Å². The highest BCUT2D eigenvalue weighted by Crippen LogP contribution is 2.23. The van der Waals surface area contributed by atoms with E-state index in [9.17, 15) is 13.2 Å². The van der Waals surface area contributed by atoms with E-state index in [-0.39, 0.29) is 23.3 Å². The summed E-state index contributed by atoms with van der Waals surface area (Å²) >= 11 is 6.05. The number of hydrogen-bond acceptors (Lipinski definition) is 5. The first-order valence-electron chi connectivity index (χ1n) is 11.7. The van der Waals surface area contributed by atoms with Crippen LogP contribution in [0, 0.1) is 0 Å². The Bertz CT molecular complexity index is 1000. The number of sulfonamides is 1. The summed E-state index contributed by atoms with van der Waals surface area (Å²) in [5, 5.41) is 3.99. The number of piperidine rings is 1. The Morgan fingerprint density at radius 3 is 2.18 bits per heavy atom. The Morgan fingerprint density at radius 2 is 1.61 bits per heavy atom. The highest BCUT2D eigenvalue weighted by Gasteiger charge is 2.26. The van der Waals surface area contributed by atoms with Crippen molar-refractivity contribution in [3.05, 3.63) is 64.7 Å². The van der Waals surface area contributed by atoms with Crippen molar-refractivity contribution in [2.45, 2.75) is 44.0 Å². The number of carbonyl (C=O) groups is 1. The Kier molecular flexibility index (Phi) is 9.47. The van der Waals surface area contributed by atoms with E-state index < -0.39 is 10.0 Å². The van der Waals surface area contributed by atoms with E-state index in [1.165, 1.54) is 0 Å². The third-order valence-corrected chi connectivity index (χ3v) is 8.43. The van der Waals surface area contributed by atoms with E-state index in [1.807, 2.05) is 24.3 Å². The maximum Gasteiger partial charge on any atom is 0.243 e. The molecule has 6 nitrogen and oxygen atoms in total. The second-order valence-corrected chi connectivity index (χ2v) is 10.7. The molecular weight excluding hydrogens is 458 g/mol. The third kappa shape index (κ3) is 6.64. The van der Waals surface area contributed by atoms with Gasteiger partial charge in [-0.3, -0.25) is 9.69 Å². The fraction of sp³-hybridized carbons (Fsp3) is 0.480. The van der Waals surface area contributed by atoms with Gasteiger partial charge >= 0.3 is 0 Å². The first-order valence-corrected chi connectivity index (χ1v) is 13.5. The minimum Gasteiger partial charge on any atom is -0.308 e. The number of rotatable bonds is 11. The summed E-state index contributed by atoms with van der Waals surface area (Å²) in [6.45, 7) is 7.97. The van der Waals surface area contributed by atoms with E-state index in [2.05, 4.69) is 24.1 Å². The van der Waals surface area contributed by atoms with Gasteiger partial charge in [-0.05, 0) is 55.8 Å². The zero-order chi connectivity index (χ0) is 23.8. The number of carbonyl (C=O) groups excluding carboxylic acids is 1. The SMILES string of the molecule is CCN(CC)C(CNCC(=O)c1ccc(S(=O)(=O)N2CCCCC2)cc1)c1ccc(Cl)cc1. The molecule has 8 heteroatoms. The van der Waals surface area contributed by atoms with Gasteiger partial charge < -0.3 is 5.32 Å². The van der Waals surface area contributed by atoms with Crippen molar-refractivity contribution in [3.8, 4) is 0 Å². The first-order chi connectivity index (χ1) is 15.9. The van der Waals surface area contributed by atoms with Crippen LogP contribution >= 0.6 is 11.6 Å². The van der Waals surface area contributed by atoms with E-state index in [4.69, 9.17) is 11.6 Å². The Balaban J connectivity index is 1.61. The molecule has 0 aromatic heterocycles. The minimum absolute atomic E-state index is 0.0636. The number of halogens is 1. The molecular formula is C25H34ClN3O3S. The molecule has 180 valence electrons. The zero-order valence-corrected chi connectivity index (χ0v) is 21.0. The zero-order valence-electron chi connectivity index (χ0n) is 19.5. The largest absolute Gasteiger partial charge is 0.308 e. The molecule has 1 heterocycles. The molecule has 2 aromatic carbocycles. The van der Waals surface area contributed by atoms with Crippen molar-refractivity contribution < 1.29 is 13.2 Å². The third-order valence-electron chi connectivity index (χ3n) is 6.26. The van der Waals surface area contributed by atoms with Gasteiger partial charge in [0.1, 0.15) is 0 Å². The quantitative estimate of drug-likeness (QED) is 0.473. The molecule has 33 heavy (non-hydrogen) atoms. The summed E-state index contributed by atoms with van der Waals surface area (Å²) < 4.78 is 27.2. The van der Waals surface area contributed by atoms with Crippen LogP contribution < -0.4 is 5.32 Å². The van der Waals surface area contributed by atoms with E-state index in [1.54, 1.807) is 28.6 Å². The molecule has 0 amide bonds. The molecule has 1 atom stereocenters. The maximum atomic E-state index is 12.8. The van der Waals surface area contributed by atoms with Gasteiger partial charge in [0.2, 0.25) is 10.0 Å². The second kappa shape index (κ2) is 12.1. The van der Waals surface area contributed by atoms with Crippen LogP contribution in [-0.4, -0.2) is 62.7 Å². The Labute approximate surface area is 203 Å². The summed E-state index contributed by atoms with van der Waals surface area (Å²) in [7, 11) is -3.49. The Morgan fingerprint density at radius 1 is 1.00 bits per heavy atom. The topological polar surface area (TPSA) is 69.7 Å². The molecule has 1 unspecified atom stereocenters. The fourth-order valence-corrected chi connectivity index (χ4v) is 5.94. The van der Waals surface area contributed by atoms with Crippen LogP contribution in [0.15, 0.2) is 53.4 Å². The van der Waals surface area contributed by atoms with Gasteiger partial charge in [-0.25, -0.2) is 8.42 Å². The summed E-state index contributed by atoms with van der Waals surface area (Å²) in [5.41, 5.74) is 1.65. The monoisotopic (exact) mass is 491 g/mol. The molecule has 0 aliphatic carbocycles. The van der Waals surface area contributed by atoms with Crippen LogP contribution in [0.1, 0.15) is 55.1 Å². The predicted molar refractivity (Wildman–Crippen MR) is 133 cm³/mol. The number of hydrogen-bond donors (Lipinski definition) is 1. The molecule has 1 saturated heterocycles. The highest BCUT2D eigenvalue weighted by molar-refractivity contribution is 7.89. The summed E-state index contributed by atoms with van der Waals surface area (Å²) in [4.78, 5) is 15.3. The number of benzene rings is 2. The van der Waals surface area contributed by atoms with E-state index in [0.29, 0.717) is 30.2 Å². The van der Waals surface area contributed by atoms with Crippen molar-refractivity contribution in [2.75, 3.05) is 39.3 Å². The second-order valence-electron chi connectivity index (χ2n) is 8.33. The first kappa shape index (κ1) is 25.8. The number of nitrogens with zero attached hydrogens (tertiary/aromatic N) is 2. The fourth-order valence-electron chi connectivity index (χ4n) is 4.30. The lowest BCUT2D eigenvalue weighted by atomic mass is 10.0. The van der Waals surface area contributed by atoms with Gasteiger partial charge in [0.05, 0.1) is 11.4 Å². The molecule has 2 aromatic rings. The van der Waals surface area contributed by atoms with Gasteiger partial charge in [0.25, 0.3) is 0 Å². The van der Waals surface area contributed by atoms with Crippen LogP contribution in [-0.2, 0) is 10.0 Å². The van der Waals surface area contributed by atoms with Gasteiger partial charge in [0, 0.05) is 36.3 Å². The normalized spacial score (nSPS) is 16.1. The smallest absolute Gasteiger partial charge is 0.243 e. The number of likely N-dealkylation sites (N-methyl/N-ethyl adjacent to an activating group) is 1. The standard InChI is InChI=1S/C25H34ClN3O3S/c1-3-28(4-2)24(20-8-12-22(26)13-9-20)18-27-19-25(30)21-10-14-23(15-11-21)33(31,32)29-16-6-5-7-17-29/h8-15,24,27H,3-7,16-19H2,1-2H3. The molecule has 1 fully saturated rings. The average molecular weight is 492 g/mol. The lowest BCUT2D eigenvalue weighted by molar-refractivity contribution is 0.0986. The van der Waals surface area contributed by atoms with Gasteiger partial charge in [-0.1, -0.05) is 56.1 Å². The number of nitrogens with one attached hydrogen (secondary N) is 1. The van der Waals surface area contributed by atoms with Crippen molar-refractivity contribution in [2.24, 2.45) is 0 Å². The lowest BCUT2D eigenvalue weighted by Gasteiger charge is -2.30. The molecule has 0 saturated carbocycles. The lowest BCUT2D eigenvalue weighted by Crippen LogP contribution is -2.37. The summed E-state index contributed by atoms with van der Waals surface area (Å²) in [6, 6.07) is 14.3. The molecule has 3 rings (SSSR count). The van der Waals surface area contributed by atoms with E-state index in [0.717, 1.165) is 37.9 Å². The maximum absolute atomic E-state index is 12.8. The van der Waals surface area contributed by atoms with Gasteiger partial charge in [0.15, 0.2) is 5.78 Å². The number of Topliss-reactive ketones (excluding diaryl/α,β-unsaturated/α-hetero) is 1. The van der Waals surface area contributed by atoms with Crippen molar-refractivity contribution in [1.29, 1.82) is 0 Å². The molecule has 0 radical (unpaired) electrons. The van der Waals surface area contributed by atoms with Crippen LogP contribution in [0.4, 0.5) is 0 Å².